The summed E-state index contributed by atoms with van der Waals surface area (Å²) in [4.78, 5) is 13.0. The van der Waals surface area contributed by atoms with Gasteiger partial charge in [0.05, 0.1) is 24.8 Å². The first-order valence-corrected chi connectivity index (χ1v) is 12.7. The van der Waals surface area contributed by atoms with E-state index in [2.05, 4.69) is 5.32 Å². The number of para-hydroxylation sites is 2. The SMILES string of the molecule is COc1ccc(S(=O)(=O)N(CC(=O)Nc2ccccc2-c2ccccc2)c2ccccc2F)cc1OC. The molecule has 1 amide bonds. The fourth-order valence-corrected chi connectivity index (χ4v) is 5.28. The second-order valence-corrected chi connectivity index (χ2v) is 9.80. The van der Waals surface area contributed by atoms with Crippen molar-refractivity contribution in [2.75, 3.05) is 30.4 Å². The second-order valence-electron chi connectivity index (χ2n) is 7.94. The van der Waals surface area contributed by atoms with E-state index in [-0.39, 0.29) is 16.3 Å². The maximum Gasteiger partial charge on any atom is 0.265 e. The quantitative estimate of drug-likeness (QED) is 0.322. The molecule has 4 rings (SSSR count). The number of hydrogen-bond acceptors (Lipinski definition) is 5. The smallest absolute Gasteiger partial charge is 0.265 e. The minimum atomic E-state index is -4.39. The molecule has 0 saturated carbocycles. The van der Waals surface area contributed by atoms with Crippen LogP contribution in [0.5, 0.6) is 11.5 Å². The van der Waals surface area contributed by atoms with Crippen LogP contribution in [0, 0.1) is 5.82 Å². The van der Waals surface area contributed by atoms with Crippen LogP contribution in [0.3, 0.4) is 0 Å². The first-order valence-electron chi connectivity index (χ1n) is 11.3. The molecule has 4 aromatic carbocycles. The number of sulfonamides is 1. The van der Waals surface area contributed by atoms with E-state index in [4.69, 9.17) is 9.47 Å². The summed E-state index contributed by atoms with van der Waals surface area (Å²) in [5.41, 5.74) is 1.87. The molecular formula is C28H25FN2O5S. The zero-order valence-corrected chi connectivity index (χ0v) is 21.0. The van der Waals surface area contributed by atoms with Crippen molar-refractivity contribution in [3.8, 4) is 22.6 Å². The number of nitrogens with one attached hydrogen (secondary N) is 1. The Morgan fingerprint density at radius 2 is 1.49 bits per heavy atom. The number of carbonyl (C=O) groups is 1. The van der Waals surface area contributed by atoms with Gasteiger partial charge in [-0.2, -0.15) is 0 Å². The third-order valence-corrected chi connectivity index (χ3v) is 7.39. The number of ether oxygens (including phenoxy) is 2. The van der Waals surface area contributed by atoms with E-state index in [1.54, 1.807) is 12.1 Å². The highest BCUT2D eigenvalue weighted by Gasteiger charge is 2.30. The van der Waals surface area contributed by atoms with Crippen LogP contribution in [0.1, 0.15) is 0 Å². The number of halogens is 1. The predicted octanol–water partition coefficient (Wildman–Crippen LogP) is 5.34. The molecule has 9 heteroatoms. The molecule has 0 fully saturated rings. The number of methoxy groups -OCH3 is 2. The molecule has 0 unspecified atom stereocenters. The Morgan fingerprint density at radius 1 is 0.838 bits per heavy atom. The minimum Gasteiger partial charge on any atom is -0.493 e. The molecule has 190 valence electrons. The molecular weight excluding hydrogens is 495 g/mol. The van der Waals surface area contributed by atoms with Crippen molar-refractivity contribution in [1.82, 2.24) is 0 Å². The molecule has 37 heavy (non-hydrogen) atoms. The number of hydrogen-bond donors (Lipinski definition) is 1. The van der Waals surface area contributed by atoms with E-state index in [0.717, 1.165) is 21.5 Å². The van der Waals surface area contributed by atoms with Crippen molar-refractivity contribution >= 4 is 27.3 Å². The van der Waals surface area contributed by atoms with Gasteiger partial charge in [0.15, 0.2) is 11.5 Å². The molecule has 4 aromatic rings. The molecule has 0 aliphatic rings. The van der Waals surface area contributed by atoms with Gasteiger partial charge in [-0.15, -0.1) is 0 Å². The van der Waals surface area contributed by atoms with Gasteiger partial charge >= 0.3 is 0 Å². The lowest BCUT2D eigenvalue weighted by molar-refractivity contribution is -0.114. The molecule has 1 N–H and O–H groups in total. The van der Waals surface area contributed by atoms with E-state index >= 15 is 0 Å². The molecule has 0 spiro atoms. The Hall–Kier alpha value is -4.37. The standard InChI is InChI=1S/C28H25FN2O5S/c1-35-26-17-16-21(18-27(26)36-2)37(33,34)31(25-15-9-7-13-23(25)29)19-28(32)30-24-14-8-6-12-22(24)20-10-4-3-5-11-20/h3-18H,19H2,1-2H3,(H,30,32). The van der Waals surface area contributed by atoms with E-state index in [9.17, 15) is 17.6 Å². The van der Waals surface area contributed by atoms with Crippen molar-refractivity contribution in [2.45, 2.75) is 4.90 Å². The average Bonchev–Trinajstić information content (AvgIpc) is 2.92. The number of anilines is 2. The van der Waals surface area contributed by atoms with Crippen LogP contribution >= 0.6 is 0 Å². The van der Waals surface area contributed by atoms with E-state index in [0.29, 0.717) is 11.4 Å². The van der Waals surface area contributed by atoms with Crippen molar-refractivity contribution in [1.29, 1.82) is 0 Å². The monoisotopic (exact) mass is 520 g/mol. The molecule has 0 heterocycles. The van der Waals surface area contributed by atoms with Crippen LogP contribution in [-0.2, 0) is 14.8 Å². The molecule has 0 atom stereocenters. The third-order valence-electron chi connectivity index (χ3n) is 5.64. The summed E-state index contributed by atoms with van der Waals surface area (Å²) in [5, 5.41) is 2.78. The first kappa shape index (κ1) is 25.7. The van der Waals surface area contributed by atoms with Gasteiger partial charge in [0.1, 0.15) is 12.4 Å². The van der Waals surface area contributed by atoms with E-state index in [1.807, 2.05) is 42.5 Å². The summed E-state index contributed by atoms with van der Waals surface area (Å²) in [7, 11) is -1.59. The van der Waals surface area contributed by atoms with Gasteiger partial charge in [0.25, 0.3) is 10.0 Å². The van der Waals surface area contributed by atoms with Gasteiger partial charge in [0.2, 0.25) is 5.91 Å². The van der Waals surface area contributed by atoms with Crippen LogP contribution in [0.15, 0.2) is 102 Å². The largest absolute Gasteiger partial charge is 0.493 e. The van der Waals surface area contributed by atoms with Crippen LogP contribution in [0.25, 0.3) is 11.1 Å². The minimum absolute atomic E-state index is 0.179. The van der Waals surface area contributed by atoms with Gasteiger partial charge in [-0.1, -0.05) is 60.7 Å². The topological polar surface area (TPSA) is 84.9 Å². The van der Waals surface area contributed by atoms with Gasteiger partial charge in [-0.25, -0.2) is 12.8 Å². The second kappa shape index (κ2) is 11.1. The van der Waals surface area contributed by atoms with Crippen LogP contribution in [0.4, 0.5) is 15.8 Å². The van der Waals surface area contributed by atoms with Crippen LogP contribution in [-0.4, -0.2) is 35.1 Å². The zero-order chi connectivity index (χ0) is 26.4. The Morgan fingerprint density at radius 3 is 2.19 bits per heavy atom. The zero-order valence-electron chi connectivity index (χ0n) is 20.2. The molecule has 0 aliphatic carbocycles. The molecule has 0 bridgehead atoms. The van der Waals surface area contributed by atoms with Crippen LogP contribution in [0.2, 0.25) is 0 Å². The lowest BCUT2D eigenvalue weighted by Gasteiger charge is -2.25. The maximum absolute atomic E-state index is 14.8. The number of benzene rings is 4. The highest BCUT2D eigenvalue weighted by Crippen LogP contribution is 2.33. The number of nitrogens with zero attached hydrogens (tertiary/aromatic N) is 1. The molecule has 0 aliphatic heterocycles. The molecule has 0 aromatic heterocycles. The summed E-state index contributed by atoms with van der Waals surface area (Å²) in [6.07, 6.45) is 0. The highest BCUT2D eigenvalue weighted by molar-refractivity contribution is 7.92. The normalized spacial score (nSPS) is 11.0. The number of carbonyl (C=O) groups excluding carboxylic acids is 1. The molecule has 0 radical (unpaired) electrons. The van der Waals surface area contributed by atoms with E-state index < -0.39 is 28.3 Å². The number of amides is 1. The van der Waals surface area contributed by atoms with Gasteiger partial charge < -0.3 is 14.8 Å². The summed E-state index contributed by atoms with van der Waals surface area (Å²) in [6.45, 7) is -0.666. The summed E-state index contributed by atoms with van der Waals surface area (Å²) in [5.74, 6) is -0.924. The lowest BCUT2D eigenvalue weighted by atomic mass is 10.0. The summed E-state index contributed by atoms with van der Waals surface area (Å²) < 4.78 is 53.4. The third kappa shape index (κ3) is 5.57. The van der Waals surface area contributed by atoms with Crippen molar-refractivity contribution in [3.05, 3.63) is 103 Å². The Bertz CT molecular complexity index is 1510. The van der Waals surface area contributed by atoms with Gasteiger partial charge in [0, 0.05) is 17.3 Å². The first-order chi connectivity index (χ1) is 17.8. The summed E-state index contributed by atoms with van der Waals surface area (Å²) in [6, 6.07) is 26.0. The summed E-state index contributed by atoms with van der Waals surface area (Å²) >= 11 is 0. The fourth-order valence-electron chi connectivity index (χ4n) is 3.84. The average molecular weight is 521 g/mol. The molecule has 7 nitrogen and oxygen atoms in total. The van der Waals surface area contributed by atoms with Gasteiger partial charge in [-0.3, -0.25) is 9.10 Å². The Kier molecular flexibility index (Phi) is 7.74. The Balaban J connectivity index is 1.71. The van der Waals surface area contributed by atoms with Crippen molar-refractivity contribution in [3.63, 3.8) is 0 Å². The number of rotatable bonds is 9. The molecule has 0 saturated heterocycles. The van der Waals surface area contributed by atoms with Crippen LogP contribution < -0.4 is 19.1 Å². The highest BCUT2D eigenvalue weighted by atomic mass is 32.2. The maximum atomic E-state index is 14.8. The lowest BCUT2D eigenvalue weighted by Crippen LogP contribution is -2.38. The van der Waals surface area contributed by atoms with Crippen molar-refractivity contribution in [2.24, 2.45) is 0 Å². The fraction of sp³-hybridized carbons (Fsp3) is 0.107. The van der Waals surface area contributed by atoms with Gasteiger partial charge in [-0.05, 0) is 35.9 Å². The predicted molar refractivity (Wildman–Crippen MR) is 141 cm³/mol. The van der Waals surface area contributed by atoms with Crippen molar-refractivity contribution < 1.29 is 27.1 Å². The van der Waals surface area contributed by atoms with E-state index in [1.165, 1.54) is 50.6 Å². The Labute approximate surface area is 215 Å².